The Morgan fingerprint density at radius 1 is 0.439 bits per heavy atom. The highest BCUT2D eigenvalue weighted by Crippen LogP contribution is 2.63. The molecule has 0 heterocycles. The molecule has 8 aromatic carbocycles. The molecular weight excluding hydrogens is 695 g/mol. The zero-order valence-electron chi connectivity index (χ0n) is 31.1. The summed E-state index contributed by atoms with van der Waals surface area (Å²) in [6.07, 6.45) is 0. The summed E-state index contributed by atoms with van der Waals surface area (Å²) < 4.78 is 0. The first kappa shape index (κ1) is 34.1. The van der Waals surface area contributed by atoms with Gasteiger partial charge in [0.25, 0.3) is 0 Å². The molecule has 2 aliphatic carbocycles. The van der Waals surface area contributed by atoms with Crippen LogP contribution in [0.5, 0.6) is 0 Å². The number of aliphatic imine (C=N–C) groups is 2. The van der Waals surface area contributed by atoms with E-state index in [1.807, 2.05) is 109 Å². The highest BCUT2D eigenvalue weighted by Gasteiger charge is 2.51. The number of rotatable bonds is 7. The first-order chi connectivity index (χ1) is 28.1. The third-order valence-electron chi connectivity index (χ3n) is 11.4. The van der Waals surface area contributed by atoms with E-state index in [0.29, 0.717) is 29.3 Å². The maximum absolute atomic E-state index is 14.3. The quantitative estimate of drug-likeness (QED) is 0.101. The number of carbonyl (C=O) groups excluding carboxylic acids is 1. The second kappa shape index (κ2) is 14.0. The van der Waals surface area contributed by atoms with Crippen LogP contribution in [0.2, 0.25) is 0 Å². The SMILES string of the molecule is NC(=NC(=NCc1ccc2c(c1)C1(c3ccccc3-2)c2ccccc2-c2ccc(C(=O)c3ccc(-c4ccccc4)cc3)cc21)c1ccccc1)c1ccccc1. The van der Waals surface area contributed by atoms with Crippen LogP contribution < -0.4 is 5.73 Å². The molecule has 8 aromatic rings. The van der Waals surface area contributed by atoms with Gasteiger partial charge in [0.05, 0.1) is 12.0 Å². The molecule has 1 unspecified atom stereocenters. The Kier molecular flexibility index (Phi) is 8.38. The van der Waals surface area contributed by atoms with Gasteiger partial charge in [0.1, 0.15) is 5.84 Å². The molecular formula is C53H37N3O. The molecule has 1 spiro atoms. The summed E-state index contributed by atoms with van der Waals surface area (Å²) in [5.41, 5.74) is 21.7. The van der Waals surface area contributed by atoms with Gasteiger partial charge < -0.3 is 5.73 Å². The van der Waals surface area contributed by atoms with Crippen LogP contribution in [0.25, 0.3) is 33.4 Å². The van der Waals surface area contributed by atoms with Crippen molar-refractivity contribution in [3.63, 3.8) is 0 Å². The van der Waals surface area contributed by atoms with Crippen molar-refractivity contribution in [3.8, 4) is 33.4 Å². The summed E-state index contributed by atoms with van der Waals surface area (Å²) in [5.74, 6) is 0.993. The molecule has 4 heteroatoms. The van der Waals surface area contributed by atoms with E-state index in [0.717, 1.165) is 38.9 Å². The average Bonchev–Trinajstić information content (AvgIpc) is 3.75. The molecule has 0 saturated carbocycles. The van der Waals surface area contributed by atoms with Crippen molar-refractivity contribution in [2.45, 2.75) is 12.0 Å². The highest BCUT2D eigenvalue weighted by atomic mass is 16.1. The fourth-order valence-corrected chi connectivity index (χ4v) is 8.77. The van der Waals surface area contributed by atoms with Crippen LogP contribution in [0.4, 0.5) is 0 Å². The van der Waals surface area contributed by atoms with Gasteiger partial charge >= 0.3 is 0 Å². The van der Waals surface area contributed by atoms with E-state index in [9.17, 15) is 4.79 Å². The Labute approximate surface area is 332 Å². The Bertz CT molecular complexity index is 2870. The van der Waals surface area contributed by atoms with E-state index in [1.165, 1.54) is 33.4 Å². The van der Waals surface area contributed by atoms with E-state index in [2.05, 4.69) is 91.0 Å². The van der Waals surface area contributed by atoms with Gasteiger partial charge in [-0.05, 0) is 67.3 Å². The van der Waals surface area contributed by atoms with Crippen molar-refractivity contribution in [3.05, 3.63) is 250 Å². The van der Waals surface area contributed by atoms with Crippen molar-refractivity contribution < 1.29 is 4.79 Å². The third-order valence-corrected chi connectivity index (χ3v) is 11.4. The van der Waals surface area contributed by atoms with Gasteiger partial charge in [-0.25, -0.2) is 4.99 Å². The Morgan fingerprint density at radius 2 is 0.930 bits per heavy atom. The minimum absolute atomic E-state index is 0.00174. The lowest BCUT2D eigenvalue weighted by atomic mass is 9.70. The molecule has 270 valence electrons. The first-order valence-electron chi connectivity index (χ1n) is 19.3. The number of carbonyl (C=O) groups is 1. The number of ketones is 1. The van der Waals surface area contributed by atoms with Gasteiger partial charge in [0.2, 0.25) is 0 Å². The van der Waals surface area contributed by atoms with Crippen LogP contribution in [0.1, 0.15) is 54.9 Å². The van der Waals surface area contributed by atoms with E-state index in [4.69, 9.17) is 15.7 Å². The summed E-state index contributed by atoms with van der Waals surface area (Å²) in [6.45, 7) is 0.404. The Hall–Kier alpha value is -7.43. The molecule has 0 aromatic heterocycles. The lowest BCUT2D eigenvalue weighted by Crippen LogP contribution is -2.26. The van der Waals surface area contributed by atoms with Crippen LogP contribution in [0.15, 0.2) is 210 Å². The Morgan fingerprint density at radius 3 is 1.58 bits per heavy atom. The number of hydrogen-bond donors (Lipinski definition) is 1. The van der Waals surface area contributed by atoms with Crippen LogP contribution in [0, 0.1) is 0 Å². The predicted octanol–water partition coefficient (Wildman–Crippen LogP) is 11.3. The van der Waals surface area contributed by atoms with Crippen LogP contribution in [-0.4, -0.2) is 17.5 Å². The van der Waals surface area contributed by atoms with Crippen molar-refractivity contribution in [2.75, 3.05) is 0 Å². The monoisotopic (exact) mass is 731 g/mol. The topological polar surface area (TPSA) is 67.8 Å². The molecule has 4 nitrogen and oxygen atoms in total. The van der Waals surface area contributed by atoms with Crippen LogP contribution in [-0.2, 0) is 12.0 Å². The smallest absolute Gasteiger partial charge is 0.193 e. The summed E-state index contributed by atoms with van der Waals surface area (Å²) in [6, 6.07) is 68.4. The maximum Gasteiger partial charge on any atom is 0.193 e. The van der Waals surface area contributed by atoms with Gasteiger partial charge in [-0.3, -0.25) is 9.79 Å². The summed E-state index contributed by atoms with van der Waals surface area (Å²) in [7, 11) is 0. The van der Waals surface area contributed by atoms with Crippen molar-refractivity contribution >= 4 is 17.5 Å². The number of nitrogens with zero attached hydrogens (tertiary/aromatic N) is 2. The first-order valence-corrected chi connectivity index (χ1v) is 19.3. The lowest BCUT2D eigenvalue weighted by Gasteiger charge is -2.31. The molecule has 0 amide bonds. The van der Waals surface area contributed by atoms with E-state index in [1.54, 1.807) is 0 Å². The van der Waals surface area contributed by atoms with E-state index < -0.39 is 5.41 Å². The number of fused-ring (bicyclic) bond motifs is 10. The zero-order valence-corrected chi connectivity index (χ0v) is 31.1. The van der Waals surface area contributed by atoms with Crippen LogP contribution >= 0.6 is 0 Å². The molecule has 0 saturated heterocycles. The molecule has 0 bridgehead atoms. The fourth-order valence-electron chi connectivity index (χ4n) is 8.77. The second-order valence-corrected chi connectivity index (χ2v) is 14.6. The second-order valence-electron chi connectivity index (χ2n) is 14.6. The van der Waals surface area contributed by atoms with E-state index in [-0.39, 0.29) is 5.78 Å². The van der Waals surface area contributed by atoms with Crippen molar-refractivity contribution in [1.82, 2.24) is 0 Å². The lowest BCUT2D eigenvalue weighted by molar-refractivity contribution is 0.103. The normalized spacial score (nSPS) is 15.2. The molecule has 57 heavy (non-hydrogen) atoms. The minimum atomic E-state index is -0.622. The van der Waals surface area contributed by atoms with Gasteiger partial charge in [0.15, 0.2) is 11.6 Å². The molecule has 0 radical (unpaired) electrons. The van der Waals surface area contributed by atoms with Crippen LogP contribution in [0.3, 0.4) is 0 Å². The van der Waals surface area contributed by atoms with Crippen molar-refractivity contribution in [2.24, 2.45) is 15.7 Å². The molecule has 2 N–H and O–H groups in total. The highest BCUT2D eigenvalue weighted by molar-refractivity contribution is 6.11. The Balaban J connectivity index is 1.09. The largest absolute Gasteiger partial charge is 0.383 e. The van der Waals surface area contributed by atoms with Gasteiger partial charge in [-0.1, -0.05) is 194 Å². The zero-order chi connectivity index (χ0) is 38.3. The van der Waals surface area contributed by atoms with Gasteiger partial charge in [-0.2, -0.15) is 0 Å². The summed E-state index contributed by atoms with van der Waals surface area (Å²) in [5, 5.41) is 0. The molecule has 1 atom stereocenters. The number of nitrogens with two attached hydrogens (primary N) is 1. The molecule has 0 fully saturated rings. The maximum atomic E-state index is 14.3. The number of amidine groups is 2. The summed E-state index contributed by atoms with van der Waals surface area (Å²) >= 11 is 0. The summed E-state index contributed by atoms with van der Waals surface area (Å²) in [4.78, 5) is 24.3. The van der Waals surface area contributed by atoms with Gasteiger partial charge in [0, 0.05) is 22.3 Å². The molecule has 10 rings (SSSR count). The molecule has 2 aliphatic rings. The average molecular weight is 732 g/mol. The van der Waals surface area contributed by atoms with E-state index >= 15 is 0 Å². The van der Waals surface area contributed by atoms with Crippen molar-refractivity contribution in [1.29, 1.82) is 0 Å². The molecule has 0 aliphatic heterocycles. The standard InChI is InChI=1S/C53H37N3O/c54-51(39-16-6-2-7-17-39)56-52(40-18-8-3-9-19-40)55-34-35-24-30-44-42-20-10-12-22-46(42)53(48(44)32-35)47-23-13-11-21-43(47)45-31-29-41(33-49(45)53)50(57)38-27-25-37(26-28-38)36-14-4-1-5-15-36/h1-33H,34H2,(H2,54,55,56). The fraction of sp³-hybridized carbons (Fsp3) is 0.0377. The predicted molar refractivity (Wildman–Crippen MR) is 232 cm³/mol. The number of benzene rings is 8. The minimum Gasteiger partial charge on any atom is -0.383 e. The third kappa shape index (κ3) is 5.73. The number of hydrogen-bond acceptors (Lipinski definition) is 2. The van der Waals surface area contributed by atoms with Gasteiger partial charge in [-0.15, -0.1) is 0 Å².